The molecule has 1 unspecified atom stereocenters. The molecule has 3 nitrogen and oxygen atoms in total. The third-order valence-electron chi connectivity index (χ3n) is 3.21. The molecule has 0 saturated heterocycles. The second-order valence-electron chi connectivity index (χ2n) is 4.77. The van der Waals surface area contributed by atoms with E-state index in [4.69, 9.17) is 0 Å². The number of benzene rings is 1. The van der Waals surface area contributed by atoms with Crippen molar-refractivity contribution < 1.29 is 27.5 Å². The lowest BCUT2D eigenvalue weighted by molar-refractivity contribution is -0.274. The maximum atomic E-state index is 12.2. The predicted octanol–water partition coefficient (Wildman–Crippen LogP) is 3.53. The van der Waals surface area contributed by atoms with Gasteiger partial charge in [0.2, 0.25) is 0 Å². The Labute approximate surface area is 113 Å². The molecule has 1 saturated carbocycles. The lowest BCUT2D eigenvalue weighted by atomic mass is 9.83. The van der Waals surface area contributed by atoms with Crippen molar-refractivity contribution in [1.82, 2.24) is 0 Å². The van der Waals surface area contributed by atoms with E-state index in [9.17, 15) is 22.8 Å². The smallest absolute Gasteiger partial charge is 0.406 e. The maximum Gasteiger partial charge on any atom is 0.573 e. The summed E-state index contributed by atoms with van der Waals surface area (Å²) in [5, 5.41) is 0. The Balaban J connectivity index is 2.14. The number of ether oxygens (including phenoxy) is 1. The van der Waals surface area contributed by atoms with Gasteiger partial charge in [-0.15, -0.1) is 13.2 Å². The van der Waals surface area contributed by atoms with Gasteiger partial charge in [0.1, 0.15) is 11.5 Å². The van der Waals surface area contributed by atoms with Crippen LogP contribution >= 0.6 is 0 Å². The van der Waals surface area contributed by atoms with Gasteiger partial charge in [-0.25, -0.2) is 0 Å². The van der Waals surface area contributed by atoms with E-state index in [-0.39, 0.29) is 23.6 Å². The number of Topliss-reactive ketones (excluding diaryl/α,β-unsaturated/α-hetero) is 2. The minimum atomic E-state index is -4.79. The van der Waals surface area contributed by atoms with Gasteiger partial charge >= 0.3 is 6.36 Å². The molecule has 1 aliphatic rings. The molecule has 1 fully saturated rings. The minimum Gasteiger partial charge on any atom is -0.406 e. The largest absolute Gasteiger partial charge is 0.573 e. The van der Waals surface area contributed by atoms with Gasteiger partial charge < -0.3 is 4.74 Å². The maximum absolute atomic E-state index is 12.2. The van der Waals surface area contributed by atoms with Crippen LogP contribution in [0.1, 0.15) is 36.0 Å². The van der Waals surface area contributed by atoms with E-state index in [1.807, 2.05) is 0 Å². The van der Waals surface area contributed by atoms with Crippen LogP contribution in [0.25, 0.3) is 0 Å². The average molecular weight is 286 g/mol. The van der Waals surface area contributed by atoms with Gasteiger partial charge in [0, 0.05) is 24.3 Å². The van der Waals surface area contributed by atoms with Gasteiger partial charge in [-0.1, -0.05) is 12.1 Å². The molecule has 0 aromatic heterocycles. The summed E-state index contributed by atoms with van der Waals surface area (Å²) in [5.41, 5.74) is 0.145. The first-order valence-corrected chi connectivity index (χ1v) is 6.27. The van der Waals surface area contributed by atoms with Crippen molar-refractivity contribution in [1.29, 1.82) is 0 Å². The summed E-state index contributed by atoms with van der Waals surface area (Å²) in [6.45, 7) is 0. The van der Waals surface area contributed by atoms with E-state index in [1.54, 1.807) is 0 Å². The van der Waals surface area contributed by atoms with E-state index in [0.29, 0.717) is 19.3 Å². The van der Waals surface area contributed by atoms with E-state index in [2.05, 4.69) is 4.74 Å². The molecular formula is C14H13F3O3. The highest BCUT2D eigenvalue weighted by molar-refractivity contribution is 6.00. The molecule has 1 aromatic carbocycles. The number of hydrogen-bond acceptors (Lipinski definition) is 3. The average Bonchev–Trinajstić information content (AvgIpc) is 2.36. The Bertz CT molecular complexity index is 523. The Morgan fingerprint density at radius 3 is 2.70 bits per heavy atom. The highest BCUT2D eigenvalue weighted by atomic mass is 19.4. The van der Waals surface area contributed by atoms with Crippen molar-refractivity contribution in [3.05, 3.63) is 29.8 Å². The fourth-order valence-corrected chi connectivity index (χ4v) is 2.33. The van der Waals surface area contributed by atoms with Crippen molar-refractivity contribution >= 4 is 11.6 Å². The number of carbonyl (C=O) groups is 2. The third-order valence-corrected chi connectivity index (χ3v) is 3.21. The highest BCUT2D eigenvalue weighted by Gasteiger charge is 2.32. The zero-order valence-electron chi connectivity index (χ0n) is 10.6. The van der Waals surface area contributed by atoms with E-state index >= 15 is 0 Å². The van der Waals surface area contributed by atoms with Gasteiger partial charge in [-0.3, -0.25) is 9.59 Å². The van der Waals surface area contributed by atoms with Crippen molar-refractivity contribution in [2.75, 3.05) is 0 Å². The van der Waals surface area contributed by atoms with Crippen LogP contribution in [-0.4, -0.2) is 17.9 Å². The number of hydrogen-bond donors (Lipinski definition) is 0. The van der Waals surface area contributed by atoms with Crippen LogP contribution < -0.4 is 4.74 Å². The summed E-state index contributed by atoms with van der Waals surface area (Å²) < 4.78 is 40.2. The zero-order valence-corrected chi connectivity index (χ0v) is 10.6. The van der Waals surface area contributed by atoms with E-state index < -0.39 is 18.0 Å². The number of carbonyl (C=O) groups excluding carboxylic acids is 2. The van der Waals surface area contributed by atoms with Crippen LogP contribution in [0, 0.1) is 5.92 Å². The summed E-state index contributed by atoms with van der Waals surface area (Å²) >= 11 is 0. The molecule has 6 heteroatoms. The first-order valence-electron chi connectivity index (χ1n) is 6.27. The third kappa shape index (κ3) is 3.82. The second-order valence-corrected chi connectivity index (χ2v) is 4.77. The van der Waals surface area contributed by atoms with Crippen LogP contribution in [0.3, 0.4) is 0 Å². The molecule has 20 heavy (non-hydrogen) atoms. The van der Waals surface area contributed by atoms with Crippen LogP contribution in [-0.2, 0) is 4.79 Å². The number of halogens is 3. The van der Waals surface area contributed by atoms with Crippen LogP contribution in [0.4, 0.5) is 13.2 Å². The molecule has 1 atom stereocenters. The molecule has 1 aliphatic carbocycles. The first-order chi connectivity index (χ1) is 9.35. The molecule has 1 aromatic rings. The van der Waals surface area contributed by atoms with Gasteiger partial charge in [-0.2, -0.15) is 0 Å². The highest BCUT2D eigenvalue weighted by Crippen LogP contribution is 2.28. The molecule has 0 spiro atoms. The molecule has 0 bridgehead atoms. The van der Waals surface area contributed by atoms with Gasteiger partial charge in [0.05, 0.1) is 0 Å². The molecular weight excluding hydrogens is 273 g/mol. The van der Waals surface area contributed by atoms with Crippen LogP contribution in [0.5, 0.6) is 5.75 Å². The van der Waals surface area contributed by atoms with Crippen molar-refractivity contribution in [3.63, 3.8) is 0 Å². The lowest BCUT2D eigenvalue weighted by Crippen LogP contribution is -2.23. The SMILES string of the molecule is O=C1CCCC(C(=O)c2cccc(OC(F)(F)F)c2)C1. The summed E-state index contributed by atoms with van der Waals surface area (Å²) in [6.07, 6.45) is -2.91. The van der Waals surface area contributed by atoms with E-state index in [1.165, 1.54) is 12.1 Å². The quantitative estimate of drug-likeness (QED) is 0.798. The number of rotatable bonds is 3. The monoisotopic (exact) mass is 286 g/mol. The van der Waals surface area contributed by atoms with Crippen LogP contribution in [0.15, 0.2) is 24.3 Å². The number of alkyl halides is 3. The minimum absolute atomic E-state index is 0.0253. The van der Waals surface area contributed by atoms with Gasteiger partial charge in [-0.05, 0) is 25.0 Å². The van der Waals surface area contributed by atoms with Crippen molar-refractivity contribution in [2.45, 2.75) is 32.0 Å². The summed E-state index contributed by atoms with van der Waals surface area (Å²) in [5.74, 6) is -1.13. The Morgan fingerprint density at radius 1 is 1.30 bits per heavy atom. The molecule has 0 amide bonds. The molecule has 0 N–H and O–H groups in total. The van der Waals surface area contributed by atoms with Crippen molar-refractivity contribution in [3.8, 4) is 5.75 Å². The van der Waals surface area contributed by atoms with E-state index in [0.717, 1.165) is 12.1 Å². The standard InChI is InChI=1S/C14H13F3O3/c15-14(16,17)20-12-6-2-4-10(8-12)13(19)9-3-1-5-11(18)7-9/h2,4,6,8-9H,1,3,5,7H2. The second kappa shape index (κ2) is 5.64. The normalized spacial score (nSPS) is 19.8. The predicted molar refractivity (Wildman–Crippen MR) is 64.4 cm³/mol. The first kappa shape index (κ1) is 14.6. The van der Waals surface area contributed by atoms with Gasteiger partial charge in [0.15, 0.2) is 5.78 Å². The Hall–Kier alpha value is -1.85. The Kier molecular flexibility index (Phi) is 4.11. The number of ketones is 2. The molecule has 2 rings (SSSR count). The zero-order chi connectivity index (χ0) is 14.8. The summed E-state index contributed by atoms with van der Waals surface area (Å²) in [7, 11) is 0. The topological polar surface area (TPSA) is 43.4 Å². The molecule has 0 radical (unpaired) electrons. The fraction of sp³-hybridized carbons (Fsp3) is 0.429. The van der Waals surface area contributed by atoms with Crippen LogP contribution in [0.2, 0.25) is 0 Å². The molecule has 0 heterocycles. The summed E-state index contributed by atoms with van der Waals surface area (Å²) in [6, 6.07) is 4.97. The van der Waals surface area contributed by atoms with Gasteiger partial charge in [0.25, 0.3) is 0 Å². The lowest BCUT2D eigenvalue weighted by Gasteiger charge is -2.19. The Morgan fingerprint density at radius 2 is 2.05 bits per heavy atom. The van der Waals surface area contributed by atoms with Crippen molar-refractivity contribution in [2.24, 2.45) is 5.92 Å². The molecule has 0 aliphatic heterocycles. The summed E-state index contributed by atoms with van der Waals surface area (Å²) in [4.78, 5) is 23.5. The fourth-order valence-electron chi connectivity index (χ4n) is 2.33. The molecule has 108 valence electrons.